The summed E-state index contributed by atoms with van der Waals surface area (Å²) in [6.45, 7) is 1.37. The quantitative estimate of drug-likeness (QED) is 0.677. The molecule has 6 heteroatoms. The minimum absolute atomic E-state index is 0.0260. The summed E-state index contributed by atoms with van der Waals surface area (Å²) in [5.74, 6) is -0.641. The molecule has 0 saturated carbocycles. The molecule has 2 aromatic rings. The van der Waals surface area contributed by atoms with Gasteiger partial charge in [-0.2, -0.15) is 0 Å². The molecule has 110 valence electrons. The highest BCUT2D eigenvalue weighted by Gasteiger charge is 2.14. The Morgan fingerprint density at radius 3 is 2.67 bits per heavy atom. The number of carbonyl (C=O) groups is 1. The molecule has 0 saturated heterocycles. The van der Waals surface area contributed by atoms with Crippen molar-refractivity contribution in [1.82, 2.24) is 10.3 Å². The molecule has 0 fully saturated rings. The predicted octanol–water partition coefficient (Wildman–Crippen LogP) is 1.22. The number of aryl methyl sites for hydroxylation is 1. The number of nitrogens with zero attached hydrogens (tertiary/aromatic N) is 1. The Labute approximate surface area is 121 Å². The van der Waals surface area contributed by atoms with Crippen molar-refractivity contribution >= 4 is 5.91 Å². The maximum atomic E-state index is 12.0. The highest BCUT2D eigenvalue weighted by molar-refractivity contribution is 5.96. The average molecular weight is 288 g/mol. The van der Waals surface area contributed by atoms with Crippen LogP contribution in [-0.2, 0) is 13.2 Å². The van der Waals surface area contributed by atoms with Gasteiger partial charge in [0, 0.05) is 23.9 Å². The number of aliphatic hydroxyl groups excluding tert-OH is 1. The van der Waals surface area contributed by atoms with Gasteiger partial charge in [-0.05, 0) is 19.1 Å². The lowest BCUT2D eigenvalue weighted by Gasteiger charge is -2.12. The van der Waals surface area contributed by atoms with Crippen LogP contribution >= 0.6 is 0 Å². The Kier molecular flexibility index (Phi) is 4.39. The highest BCUT2D eigenvalue weighted by atomic mass is 16.3. The van der Waals surface area contributed by atoms with E-state index < -0.39 is 5.91 Å². The molecule has 1 aromatic carbocycles. The van der Waals surface area contributed by atoms with Crippen LogP contribution in [0.1, 0.15) is 27.2 Å². The van der Waals surface area contributed by atoms with E-state index in [0.29, 0.717) is 16.8 Å². The maximum Gasteiger partial charge on any atom is 0.255 e. The highest BCUT2D eigenvalue weighted by Crippen LogP contribution is 2.24. The summed E-state index contributed by atoms with van der Waals surface area (Å²) >= 11 is 0. The van der Waals surface area contributed by atoms with Crippen molar-refractivity contribution in [2.24, 2.45) is 0 Å². The Hall–Kier alpha value is -2.60. The molecule has 1 aromatic heterocycles. The summed E-state index contributed by atoms with van der Waals surface area (Å²) in [5.41, 5.74) is 1.41. The third-order valence-corrected chi connectivity index (χ3v) is 3.17. The number of hydrogen-bond donors (Lipinski definition) is 4. The monoisotopic (exact) mass is 288 g/mol. The van der Waals surface area contributed by atoms with Crippen molar-refractivity contribution in [3.63, 3.8) is 0 Å². The van der Waals surface area contributed by atoms with Gasteiger partial charge in [-0.1, -0.05) is 12.1 Å². The number of aromatic hydroxyl groups is 2. The zero-order valence-electron chi connectivity index (χ0n) is 11.5. The van der Waals surface area contributed by atoms with Gasteiger partial charge in [0.25, 0.3) is 5.91 Å². The van der Waals surface area contributed by atoms with Crippen LogP contribution in [0.4, 0.5) is 0 Å². The maximum absolute atomic E-state index is 12.0. The van der Waals surface area contributed by atoms with Crippen LogP contribution in [0.3, 0.4) is 0 Å². The molecule has 2 rings (SSSR count). The molecule has 1 heterocycles. The molecule has 21 heavy (non-hydrogen) atoms. The van der Waals surface area contributed by atoms with E-state index in [1.165, 1.54) is 18.3 Å². The number of para-hydroxylation sites is 1. The summed E-state index contributed by atoms with van der Waals surface area (Å²) < 4.78 is 0. The number of hydrogen-bond acceptors (Lipinski definition) is 5. The Morgan fingerprint density at radius 1 is 1.29 bits per heavy atom. The Balaban J connectivity index is 2.19. The number of phenolic OH excluding ortho intramolecular Hbond substituents is 1. The molecule has 0 atom stereocenters. The fourth-order valence-corrected chi connectivity index (χ4v) is 1.95. The van der Waals surface area contributed by atoms with Gasteiger partial charge in [0.1, 0.15) is 11.5 Å². The van der Waals surface area contributed by atoms with Crippen LogP contribution in [-0.4, -0.2) is 26.2 Å². The third kappa shape index (κ3) is 3.11. The summed E-state index contributed by atoms with van der Waals surface area (Å²) in [6.07, 6.45) is 1.45. The molecule has 0 bridgehead atoms. The van der Waals surface area contributed by atoms with Gasteiger partial charge >= 0.3 is 0 Å². The van der Waals surface area contributed by atoms with Crippen LogP contribution in [0.2, 0.25) is 0 Å². The first-order valence-corrected chi connectivity index (χ1v) is 6.38. The van der Waals surface area contributed by atoms with Gasteiger partial charge in [0.2, 0.25) is 0 Å². The van der Waals surface area contributed by atoms with Gasteiger partial charge < -0.3 is 20.6 Å². The molecule has 1 amide bonds. The van der Waals surface area contributed by atoms with E-state index >= 15 is 0 Å². The SMILES string of the molecule is Cc1ncc(CO)c(CNC(=O)c2ccccc2O)c1O. The number of nitrogens with one attached hydrogen (secondary N) is 1. The lowest BCUT2D eigenvalue weighted by molar-refractivity contribution is 0.0947. The molecule has 0 radical (unpaired) electrons. The van der Waals surface area contributed by atoms with Gasteiger partial charge in [-0.15, -0.1) is 0 Å². The normalized spacial score (nSPS) is 10.4. The van der Waals surface area contributed by atoms with Crippen LogP contribution in [0.25, 0.3) is 0 Å². The first-order valence-electron chi connectivity index (χ1n) is 6.38. The number of pyridine rings is 1. The van der Waals surface area contributed by atoms with Crippen molar-refractivity contribution in [3.8, 4) is 11.5 Å². The molecular weight excluding hydrogens is 272 g/mol. The number of amides is 1. The van der Waals surface area contributed by atoms with Crippen LogP contribution in [0.5, 0.6) is 11.5 Å². The van der Waals surface area contributed by atoms with Crippen LogP contribution in [0.15, 0.2) is 30.5 Å². The van der Waals surface area contributed by atoms with E-state index in [1.54, 1.807) is 19.1 Å². The molecule has 4 N–H and O–H groups in total. The first kappa shape index (κ1) is 14.8. The smallest absolute Gasteiger partial charge is 0.255 e. The number of aliphatic hydroxyl groups is 1. The van der Waals surface area contributed by atoms with Gasteiger partial charge in [-0.3, -0.25) is 9.78 Å². The van der Waals surface area contributed by atoms with Crippen molar-refractivity contribution in [1.29, 1.82) is 0 Å². The minimum Gasteiger partial charge on any atom is -0.507 e. The molecule has 0 aliphatic rings. The Bertz CT molecular complexity index is 671. The lowest BCUT2D eigenvalue weighted by atomic mass is 10.1. The second-order valence-electron chi connectivity index (χ2n) is 4.55. The molecule has 6 nitrogen and oxygen atoms in total. The van der Waals surface area contributed by atoms with E-state index in [4.69, 9.17) is 0 Å². The molecule has 0 aliphatic carbocycles. The zero-order chi connectivity index (χ0) is 15.4. The summed E-state index contributed by atoms with van der Waals surface area (Å²) in [5, 5.41) is 31.4. The van der Waals surface area contributed by atoms with Crippen LogP contribution in [0, 0.1) is 6.92 Å². The average Bonchev–Trinajstić information content (AvgIpc) is 2.49. The van der Waals surface area contributed by atoms with Crippen molar-refractivity contribution in [3.05, 3.63) is 52.8 Å². The predicted molar refractivity (Wildman–Crippen MR) is 75.8 cm³/mol. The zero-order valence-corrected chi connectivity index (χ0v) is 11.5. The minimum atomic E-state index is -0.467. The van der Waals surface area contributed by atoms with Gasteiger partial charge in [0.05, 0.1) is 17.9 Å². The van der Waals surface area contributed by atoms with E-state index in [-0.39, 0.29) is 30.2 Å². The first-order chi connectivity index (χ1) is 10.0. The standard InChI is InChI=1S/C15H16N2O4/c1-9-14(20)12(10(8-18)6-16-9)7-17-15(21)11-4-2-3-5-13(11)19/h2-6,18-20H,7-8H2,1H3,(H,17,21). The fraction of sp³-hybridized carbons (Fsp3) is 0.200. The second kappa shape index (κ2) is 6.23. The largest absolute Gasteiger partial charge is 0.507 e. The third-order valence-electron chi connectivity index (χ3n) is 3.17. The molecule has 0 aliphatic heterocycles. The van der Waals surface area contributed by atoms with Gasteiger partial charge in [-0.25, -0.2) is 0 Å². The van der Waals surface area contributed by atoms with Crippen molar-refractivity contribution in [2.75, 3.05) is 0 Å². The van der Waals surface area contributed by atoms with Crippen molar-refractivity contribution < 1.29 is 20.1 Å². The van der Waals surface area contributed by atoms with E-state index in [1.807, 2.05) is 0 Å². The molecular formula is C15H16N2O4. The number of benzene rings is 1. The molecule has 0 unspecified atom stereocenters. The summed E-state index contributed by atoms with van der Waals surface area (Å²) in [6, 6.07) is 6.17. The summed E-state index contributed by atoms with van der Waals surface area (Å²) in [7, 11) is 0. The van der Waals surface area contributed by atoms with E-state index in [9.17, 15) is 20.1 Å². The summed E-state index contributed by atoms with van der Waals surface area (Å²) in [4.78, 5) is 16.0. The van der Waals surface area contributed by atoms with Crippen LogP contribution < -0.4 is 5.32 Å². The van der Waals surface area contributed by atoms with E-state index in [2.05, 4.69) is 10.3 Å². The fourth-order valence-electron chi connectivity index (χ4n) is 1.95. The number of rotatable bonds is 4. The van der Waals surface area contributed by atoms with E-state index in [0.717, 1.165) is 0 Å². The Morgan fingerprint density at radius 2 is 2.00 bits per heavy atom. The molecule has 0 spiro atoms. The number of aromatic nitrogens is 1. The second-order valence-corrected chi connectivity index (χ2v) is 4.55. The lowest BCUT2D eigenvalue weighted by Crippen LogP contribution is -2.23. The van der Waals surface area contributed by atoms with Gasteiger partial charge in [0.15, 0.2) is 0 Å². The van der Waals surface area contributed by atoms with Crippen molar-refractivity contribution in [2.45, 2.75) is 20.1 Å². The number of phenols is 1. The number of carbonyl (C=O) groups excluding carboxylic acids is 1. The topological polar surface area (TPSA) is 103 Å².